The van der Waals surface area contributed by atoms with Crippen LogP contribution in [-0.4, -0.2) is 4.92 Å². The standard InChI is InChI=1S/C8H9NO2.C8H16/c1-2-7-3-5-8(6-4-7)9(10)11;1-2-4-6-8-7-5-3-1/h3-6H,2H2,1H3;1-8H2. The quantitative estimate of drug-likeness (QED) is 0.538. The first kappa shape index (κ1) is 15.7. The number of nitrogens with zero attached hydrogens (tertiary/aromatic N) is 1. The molecule has 0 N–H and O–H groups in total. The van der Waals surface area contributed by atoms with Crippen molar-refractivity contribution in [1.29, 1.82) is 0 Å². The third-order valence-corrected chi connectivity index (χ3v) is 3.56. The van der Waals surface area contributed by atoms with E-state index in [2.05, 4.69) is 0 Å². The molecular formula is C16H25NO2. The maximum atomic E-state index is 10.2. The zero-order valence-electron chi connectivity index (χ0n) is 11.9. The Bertz CT molecular complexity index is 336. The molecule has 1 fully saturated rings. The molecule has 19 heavy (non-hydrogen) atoms. The lowest BCUT2D eigenvalue weighted by atomic mass is 10.0. The molecule has 1 aromatic carbocycles. The molecule has 1 aromatic rings. The smallest absolute Gasteiger partial charge is 0.258 e. The molecule has 0 atom stereocenters. The van der Waals surface area contributed by atoms with Gasteiger partial charge in [0.1, 0.15) is 0 Å². The second-order valence-corrected chi connectivity index (χ2v) is 5.11. The molecule has 0 bridgehead atoms. The minimum atomic E-state index is -0.389. The van der Waals surface area contributed by atoms with Crippen LogP contribution in [-0.2, 0) is 6.42 Å². The second-order valence-electron chi connectivity index (χ2n) is 5.11. The lowest BCUT2D eigenvalue weighted by molar-refractivity contribution is -0.384. The fourth-order valence-electron chi connectivity index (χ4n) is 2.27. The predicted molar refractivity (Wildman–Crippen MR) is 79.4 cm³/mol. The van der Waals surface area contributed by atoms with Crippen molar-refractivity contribution in [2.45, 2.75) is 64.7 Å². The molecule has 1 saturated carbocycles. The van der Waals surface area contributed by atoms with Crippen molar-refractivity contribution in [3.63, 3.8) is 0 Å². The van der Waals surface area contributed by atoms with Gasteiger partial charge in [-0.25, -0.2) is 0 Å². The van der Waals surface area contributed by atoms with Gasteiger partial charge in [-0.05, 0) is 12.0 Å². The maximum absolute atomic E-state index is 10.2. The Kier molecular flexibility index (Phi) is 7.87. The molecule has 0 spiro atoms. The summed E-state index contributed by atoms with van der Waals surface area (Å²) in [6.07, 6.45) is 12.9. The molecule has 0 radical (unpaired) electrons. The van der Waals surface area contributed by atoms with Gasteiger partial charge >= 0.3 is 0 Å². The summed E-state index contributed by atoms with van der Waals surface area (Å²) in [5.74, 6) is 0. The van der Waals surface area contributed by atoms with Gasteiger partial charge in [-0.15, -0.1) is 0 Å². The first-order valence-electron chi connectivity index (χ1n) is 7.47. The average Bonchev–Trinajstić information content (AvgIpc) is 2.38. The van der Waals surface area contributed by atoms with Crippen LogP contribution < -0.4 is 0 Å². The van der Waals surface area contributed by atoms with Gasteiger partial charge in [-0.1, -0.05) is 70.4 Å². The molecule has 1 aliphatic rings. The Labute approximate surface area is 116 Å². The summed E-state index contributed by atoms with van der Waals surface area (Å²) in [5.41, 5.74) is 1.28. The van der Waals surface area contributed by atoms with Gasteiger partial charge in [0.25, 0.3) is 5.69 Å². The molecule has 0 heterocycles. The van der Waals surface area contributed by atoms with E-state index >= 15 is 0 Å². The monoisotopic (exact) mass is 263 g/mol. The minimum absolute atomic E-state index is 0.155. The number of aryl methyl sites for hydroxylation is 1. The summed E-state index contributed by atoms with van der Waals surface area (Å²) in [5, 5.41) is 10.2. The molecule has 0 amide bonds. The summed E-state index contributed by atoms with van der Waals surface area (Å²) in [7, 11) is 0. The molecule has 0 saturated heterocycles. The van der Waals surface area contributed by atoms with Crippen LogP contribution in [0, 0.1) is 10.1 Å². The van der Waals surface area contributed by atoms with Gasteiger partial charge in [0.05, 0.1) is 4.92 Å². The average molecular weight is 263 g/mol. The molecule has 1 aliphatic carbocycles. The van der Waals surface area contributed by atoms with Crippen LogP contribution in [0.3, 0.4) is 0 Å². The highest BCUT2D eigenvalue weighted by molar-refractivity contribution is 5.32. The van der Waals surface area contributed by atoms with Crippen molar-refractivity contribution in [3.05, 3.63) is 39.9 Å². The van der Waals surface area contributed by atoms with Gasteiger partial charge in [-0.3, -0.25) is 10.1 Å². The van der Waals surface area contributed by atoms with Crippen molar-refractivity contribution in [2.75, 3.05) is 0 Å². The maximum Gasteiger partial charge on any atom is 0.269 e. The lowest BCUT2D eigenvalue weighted by Gasteiger charge is -2.05. The highest BCUT2D eigenvalue weighted by Gasteiger charge is 2.01. The number of benzene rings is 1. The molecular weight excluding hydrogens is 238 g/mol. The summed E-state index contributed by atoms with van der Waals surface area (Å²) < 4.78 is 0. The normalized spacial score (nSPS) is 15.6. The fourth-order valence-corrected chi connectivity index (χ4v) is 2.27. The van der Waals surface area contributed by atoms with Crippen molar-refractivity contribution in [3.8, 4) is 0 Å². The Balaban J connectivity index is 0.000000200. The van der Waals surface area contributed by atoms with Crippen LogP contribution in [0.4, 0.5) is 5.69 Å². The van der Waals surface area contributed by atoms with E-state index in [1.54, 1.807) is 12.1 Å². The molecule has 0 aliphatic heterocycles. The van der Waals surface area contributed by atoms with E-state index in [1.807, 2.05) is 6.92 Å². The largest absolute Gasteiger partial charge is 0.269 e. The lowest BCUT2D eigenvalue weighted by Crippen LogP contribution is -1.87. The van der Waals surface area contributed by atoms with Crippen LogP contribution >= 0.6 is 0 Å². The van der Waals surface area contributed by atoms with Crippen molar-refractivity contribution >= 4 is 5.69 Å². The van der Waals surface area contributed by atoms with Crippen LogP contribution in [0.15, 0.2) is 24.3 Å². The summed E-state index contributed by atoms with van der Waals surface area (Å²) in [6.45, 7) is 2.02. The van der Waals surface area contributed by atoms with Crippen molar-refractivity contribution in [2.24, 2.45) is 0 Å². The molecule has 0 aromatic heterocycles. The molecule has 3 nitrogen and oxygen atoms in total. The van der Waals surface area contributed by atoms with E-state index in [0.717, 1.165) is 12.0 Å². The van der Waals surface area contributed by atoms with E-state index < -0.39 is 0 Å². The fraction of sp³-hybridized carbons (Fsp3) is 0.625. The van der Waals surface area contributed by atoms with Crippen molar-refractivity contribution in [1.82, 2.24) is 0 Å². The van der Waals surface area contributed by atoms with E-state index in [9.17, 15) is 10.1 Å². The minimum Gasteiger partial charge on any atom is -0.258 e. The van der Waals surface area contributed by atoms with Gasteiger partial charge in [0.15, 0.2) is 0 Å². The summed E-state index contributed by atoms with van der Waals surface area (Å²) >= 11 is 0. The van der Waals surface area contributed by atoms with Crippen LogP contribution in [0.1, 0.15) is 63.9 Å². The topological polar surface area (TPSA) is 43.1 Å². The van der Waals surface area contributed by atoms with Crippen LogP contribution in [0.5, 0.6) is 0 Å². The molecule has 2 rings (SSSR count). The highest BCUT2D eigenvalue weighted by atomic mass is 16.6. The van der Waals surface area contributed by atoms with Crippen LogP contribution in [0.25, 0.3) is 0 Å². The molecule has 0 unspecified atom stereocenters. The number of rotatable bonds is 2. The SMILES string of the molecule is C1CCCCCCC1.CCc1ccc([N+](=O)[O-])cc1. The Morgan fingerprint density at radius 1 is 0.895 bits per heavy atom. The summed E-state index contributed by atoms with van der Waals surface area (Å²) in [4.78, 5) is 9.82. The highest BCUT2D eigenvalue weighted by Crippen LogP contribution is 2.15. The number of nitro benzene ring substituents is 1. The Morgan fingerprint density at radius 2 is 1.26 bits per heavy atom. The van der Waals surface area contributed by atoms with Crippen molar-refractivity contribution < 1.29 is 4.92 Å². The summed E-state index contributed by atoms with van der Waals surface area (Å²) in [6, 6.07) is 6.61. The van der Waals surface area contributed by atoms with E-state index in [1.165, 1.54) is 63.5 Å². The Morgan fingerprint density at radius 3 is 1.53 bits per heavy atom. The second kappa shape index (κ2) is 9.54. The number of hydrogen-bond acceptors (Lipinski definition) is 2. The zero-order chi connectivity index (χ0) is 13.9. The van der Waals surface area contributed by atoms with Gasteiger partial charge in [0, 0.05) is 12.1 Å². The predicted octanol–water partition coefficient (Wildman–Crippen LogP) is 5.28. The number of hydrogen-bond donors (Lipinski definition) is 0. The third-order valence-electron chi connectivity index (χ3n) is 3.56. The van der Waals surface area contributed by atoms with E-state index in [4.69, 9.17) is 0 Å². The molecule has 106 valence electrons. The molecule has 3 heteroatoms. The first-order valence-corrected chi connectivity index (χ1v) is 7.47. The number of non-ortho nitro benzene ring substituents is 1. The first-order chi connectivity index (χ1) is 9.24. The number of nitro groups is 1. The van der Waals surface area contributed by atoms with E-state index in [-0.39, 0.29) is 10.6 Å². The zero-order valence-corrected chi connectivity index (χ0v) is 11.9. The van der Waals surface area contributed by atoms with Crippen LogP contribution in [0.2, 0.25) is 0 Å². The van der Waals surface area contributed by atoms with E-state index in [0.29, 0.717) is 0 Å². The Hall–Kier alpha value is -1.38. The van der Waals surface area contributed by atoms with Gasteiger partial charge < -0.3 is 0 Å². The third kappa shape index (κ3) is 6.94. The van der Waals surface area contributed by atoms with Gasteiger partial charge in [0.2, 0.25) is 0 Å². The van der Waals surface area contributed by atoms with Gasteiger partial charge in [-0.2, -0.15) is 0 Å².